The summed E-state index contributed by atoms with van der Waals surface area (Å²) >= 11 is 0. The van der Waals surface area contributed by atoms with Gasteiger partial charge in [0.15, 0.2) is 0 Å². The maximum Gasteiger partial charge on any atom is 0.246 e. The lowest BCUT2D eigenvalue weighted by Gasteiger charge is -2.39. The molecule has 0 spiro atoms. The molecule has 0 unspecified atom stereocenters. The predicted molar refractivity (Wildman–Crippen MR) is 118 cm³/mol. The lowest BCUT2D eigenvalue weighted by molar-refractivity contribution is -0.127. The Morgan fingerprint density at radius 1 is 0.750 bits per heavy atom. The minimum Gasteiger partial charge on any atom is -0.337 e. The first-order valence-electron chi connectivity index (χ1n) is 10.5. The fourth-order valence-electron chi connectivity index (χ4n) is 3.98. The second kappa shape index (κ2) is 9.83. The molecule has 1 aliphatic rings. The number of hydrogen-bond acceptors (Lipinski definition) is 2. The summed E-state index contributed by atoms with van der Waals surface area (Å²) < 4.78 is 40.7. The van der Waals surface area contributed by atoms with E-state index in [-0.39, 0.29) is 29.4 Å². The Balaban J connectivity index is 1.47. The van der Waals surface area contributed by atoms with E-state index in [2.05, 4.69) is 4.90 Å². The number of hydrogen-bond donors (Lipinski definition) is 0. The summed E-state index contributed by atoms with van der Waals surface area (Å²) in [4.78, 5) is 16.5. The molecule has 1 aliphatic heterocycles. The first kappa shape index (κ1) is 21.8. The monoisotopic (exact) mass is 436 g/mol. The Kier molecular flexibility index (Phi) is 6.71. The van der Waals surface area contributed by atoms with Gasteiger partial charge in [0.2, 0.25) is 5.91 Å². The van der Waals surface area contributed by atoms with E-state index in [9.17, 15) is 18.0 Å². The van der Waals surface area contributed by atoms with Crippen molar-refractivity contribution >= 4 is 12.0 Å². The van der Waals surface area contributed by atoms with Crippen LogP contribution in [0.4, 0.5) is 13.2 Å². The van der Waals surface area contributed by atoms with Gasteiger partial charge in [-0.05, 0) is 47.5 Å². The molecule has 0 bridgehead atoms. The molecule has 0 saturated carbocycles. The molecule has 0 radical (unpaired) electrons. The third-order valence-electron chi connectivity index (χ3n) is 5.67. The van der Waals surface area contributed by atoms with Crippen LogP contribution in [0.25, 0.3) is 6.08 Å². The van der Waals surface area contributed by atoms with Crippen molar-refractivity contribution < 1.29 is 18.0 Å². The Morgan fingerprint density at radius 2 is 1.28 bits per heavy atom. The number of amides is 1. The lowest BCUT2D eigenvalue weighted by Crippen LogP contribution is -2.49. The molecule has 4 rings (SSSR count). The summed E-state index contributed by atoms with van der Waals surface area (Å²) in [5, 5.41) is 0. The van der Waals surface area contributed by atoms with Crippen molar-refractivity contribution in [2.75, 3.05) is 26.2 Å². The molecule has 0 aromatic heterocycles. The summed E-state index contributed by atoms with van der Waals surface area (Å²) in [6, 6.07) is 18.7. The molecule has 1 amide bonds. The van der Waals surface area contributed by atoms with Gasteiger partial charge in [-0.3, -0.25) is 9.69 Å². The minimum atomic E-state index is -0.372. The van der Waals surface area contributed by atoms with Crippen LogP contribution < -0.4 is 0 Å². The van der Waals surface area contributed by atoms with Gasteiger partial charge in [-0.1, -0.05) is 42.5 Å². The Morgan fingerprint density at radius 3 is 1.81 bits per heavy atom. The standard InChI is InChI=1S/C26H23F3N2O/c27-22-10-5-20(6-11-22)26(21-7-12-23(28)13-8-21)31-17-15-30(16-18-31)25(32)14-9-19-3-1-2-4-24(19)29/h1-14,26H,15-18H2/b14-9+. The summed E-state index contributed by atoms with van der Waals surface area (Å²) in [7, 11) is 0. The van der Waals surface area contributed by atoms with E-state index in [1.54, 1.807) is 47.4 Å². The van der Waals surface area contributed by atoms with E-state index in [0.29, 0.717) is 31.7 Å². The summed E-state index contributed by atoms with van der Waals surface area (Å²) in [5.41, 5.74) is 2.17. The van der Waals surface area contributed by atoms with Crippen molar-refractivity contribution in [1.29, 1.82) is 0 Å². The fraction of sp³-hybridized carbons (Fsp3) is 0.192. The van der Waals surface area contributed by atoms with Crippen LogP contribution in [0.3, 0.4) is 0 Å². The number of benzene rings is 3. The van der Waals surface area contributed by atoms with Gasteiger partial charge in [-0.2, -0.15) is 0 Å². The zero-order valence-corrected chi connectivity index (χ0v) is 17.4. The number of piperazine rings is 1. The molecule has 1 fully saturated rings. The lowest BCUT2D eigenvalue weighted by atomic mass is 9.96. The maximum absolute atomic E-state index is 13.8. The van der Waals surface area contributed by atoms with Gasteiger partial charge in [0, 0.05) is 37.8 Å². The van der Waals surface area contributed by atoms with Crippen LogP contribution in [0, 0.1) is 17.5 Å². The first-order valence-corrected chi connectivity index (χ1v) is 10.5. The topological polar surface area (TPSA) is 23.6 Å². The largest absolute Gasteiger partial charge is 0.337 e. The molecule has 0 aliphatic carbocycles. The number of halogens is 3. The average Bonchev–Trinajstić information content (AvgIpc) is 2.81. The molecular formula is C26H23F3N2O. The number of carbonyl (C=O) groups excluding carboxylic acids is 1. The van der Waals surface area contributed by atoms with E-state index in [4.69, 9.17) is 0 Å². The van der Waals surface area contributed by atoms with Gasteiger partial charge in [-0.25, -0.2) is 13.2 Å². The minimum absolute atomic E-state index is 0.173. The van der Waals surface area contributed by atoms with Gasteiger partial charge in [0.1, 0.15) is 17.5 Å². The van der Waals surface area contributed by atoms with Crippen LogP contribution in [0.2, 0.25) is 0 Å². The second-order valence-corrected chi connectivity index (χ2v) is 7.72. The van der Waals surface area contributed by atoms with Gasteiger partial charge in [-0.15, -0.1) is 0 Å². The highest BCUT2D eigenvalue weighted by molar-refractivity contribution is 5.91. The molecule has 32 heavy (non-hydrogen) atoms. The highest BCUT2D eigenvalue weighted by Gasteiger charge is 2.27. The van der Waals surface area contributed by atoms with Crippen LogP contribution in [0.15, 0.2) is 78.9 Å². The second-order valence-electron chi connectivity index (χ2n) is 7.72. The van der Waals surface area contributed by atoms with Crippen molar-refractivity contribution in [3.63, 3.8) is 0 Å². The summed E-state index contributed by atoms with van der Waals surface area (Å²) in [5.74, 6) is -1.18. The van der Waals surface area contributed by atoms with Crippen molar-refractivity contribution in [3.05, 3.63) is 113 Å². The molecule has 1 heterocycles. The van der Waals surface area contributed by atoms with E-state index in [1.165, 1.54) is 42.5 Å². The quantitative estimate of drug-likeness (QED) is 0.523. The van der Waals surface area contributed by atoms with E-state index in [0.717, 1.165) is 11.1 Å². The fourth-order valence-corrected chi connectivity index (χ4v) is 3.98. The molecule has 1 saturated heterocycles. The first-order chi connectivity index (χ1) is 15.5. The highest BCUT2D eigenvalue weighted by Crippen LogP contribution is 2.30. The molecule has 6 heteroatoms. The molecule has 0 N–H and O–H groups in total. The van der Waals surface area contributed by atoms with Crippen molar-refractivity contribution in [2.45, 2.75) is 6.04 Å². The summed E-state index contributed by atoms with van der Waals surface area (Å²) in [6.07, 6.45) is 2.88. The zero-order chi connectivity index (χ0) is 22.5. The number of carbonyl (C=O) groups is 1. The van der Waals surface area contributed by atoms with Crippen molar-refractivity contribution in [1.82, 2.24) is 9.80 Å². The Labute approximate surface area is 185 Å². The average molecular weight is 436 g/mol. The van der Waals surface area contributed by atoms with E-state index in [1.807, 2.05) is 0 Å². The third kappa shape index (κ3) is 5.08. The predicted octanol–water partition coefficient (Wildman–Crippen LogP) is 5.05. The van der Waals surface area contributed by atoms with Crippen molar-refractivity contribution in [2.24, 2.45) is 0 Å². The highest BCUT2D eigenvalue weighted by atomic mass is 19.1. The van der Waals surface area contributed by atoms with E-state index >= 15 is 0 Å². The molecule has 164 valence electrons. The van der Waals surface area contributed by atoms with Gasteiger partial charge in [0.25, 0.3) is 0 Å². The van der Waals surface area contributed by atoms with Crippen molar-refractivity contribution in [3.8, 4) is 0 Å². The maximum atomic E-state index is 13.8. The smallest absolute Gasteiger partial charge is 0.246 e. The van der Waals surface area contributed by atoms with E-state index < -0.39 is 0 Å². The number of rotatable bonds is 5. The number of nitrogens with zero attached hydrogens (tertiary/aromatic N) is 2. The molecule has 3 nitrogen and oxygen atoms in total. The molecular weight excluding hydrogens is 413 g/mol. The van der Waals surface area contributed by atoms with Gasteiger partial charge >= 0.3 is 0 Å². The van der Waals surface area contributed by atoms with Gasteiger partial charge < -0.3 is 4.90 Å². The normalized spacial score (nSPS) is 14.9. The van der Waals surface area contributed by atoms with Crippen LogP contribution >= 0.6 is 0 Å². The van der Waals surface area contributed by atoms with Crippen LogP contribution in [0.5, 0.6) is 0 Å². The van der Waals surface area contributed by atoms with Crippen LogP contribution in [0.1, 0.15) is 22.7 Å². The molecule has 3 aromatic carbocycles. The van der Waals surface area contributed by atoms with Crippen LogP contribution in [-0.2, 0) is 4.79 Å². The SMILES string of the molecule is O=C(/C=C/c1ccccc1F)N1CCN(C(c2ccc(F)cc2)c2ccc(F)cc2)CC1. The summed E-state index contributed by atoms with van der Waals surface area (Å²) in [6.45, 7) is 2.19. The Bertz CT molecular complexity index is 1040. The van der Waals surface area contributed by atoms with Crippen LogP contribution in [-0.4, -0.2) is 41.9 Å². The molecule has 0 atom stereocenters. The molecule has 3 aromatic rings. The van der Waals surface area contributed by atoms with Gasteiger partial charge in [0.05, 0.1) is 6.04 Å². The third-order valence-corrected chi connectivity index (χ3v) is 5.67. The zero-order valence-electron chi connectivity index (χ0n) is 17.4. The Hall–Kier alpha value is -3.38.